The van der Waals surface area contributed by atoms with Crippen LogP contribution in [0.15, 0.2) is 30.3 Å². The molecule has 1 atom stereocenters. The number of hydrogen-bond donors (Lipinski definition) is 1. The number of carbonyl (C=O) groups excluding carboxylic acids is 1. The first-order valence-electron chi connectivity index (χ1n) is 8.79. The van der Waals surface area contributed by atoms with Crippen LogP contribution in [-0.2, 0) is 4.79 Å². The normalized spacial score (nSPS) is 29.3. The Morgan fingerprint density at radius 1 is 1.18 bits per heavy atom. The lowest BCUT2D eigenvalue weighted by Crippen LogP contribution is -2.52. The third-order valence-corrected chi connectivity index (χ3v) is 5.40. The fourth-order valence-electron chi connectivity index (χ4n) is 4.00. The lowest BCUT2D eigenvalue weighted by Gasteiger charge is -2.36. The summed E-state index contributed by atoms with van der Waals surface area (Å²) in [4.78, 5) is 14.6. The van der Waals surface area contributed by atoms with Crippen LogP contribution >= 0.6 is 0 Å². The Bertz CT molecular complexity index is 479. The van der Waals surface area contributed by atoms with Crippen LogP contribution in [0.4, 0.5) is 0 Å². The van der Waals surface area contributed by atoms with Crippen LogP contribution in [-0.4, -0.2) is 36.5 Å². The molecule has 3 rings (SSSR count). The Balaban J connectivity index is 1.48. The Morgan fingerprint density at radius 3 is 2.59 bits per heavy atom. The molecule has 1 N–H and O–H groups in total. The van der Waals surface area contributed by atoms with Crippen molar-refractivity contribution in [1.82, 2.24) is 10.2 Å². The number of nitrogens with zero attached hydrogens (tertiary/aromatic N) is 1. The van der Waals surface area contributed by atoms with Gasteiger partial charge in [-0.3, -0.25) is 4.79 Å². The maximum Gasteiger partial charge on any atom is 0.223 e. The lowest BCUT2D eigenvalue weighted by atomic mass is 9.77. The molecular weight excluding hydrogens is 272 g/mol. The molecule has 0 spiro atoms. The van der Waals surface area contributed by atoms with E-state index >= 15 is 0 Å². The van der Waals surface area contributed by atoms with Gasteiger partial charge in [-0.2, -0.15) is 0 Å². The second-order valence-corrected chi connectivity index (χ2v) is 6.97. The summed E-state index contributed by atoms with van der Waals surface area (Å²) in [5.74, 6) is 1.66. The van der Waals surface area contributed by atoms with E-state index in [-0.39, 0.29) is 0 Å². The van der Waals surface area contributed by atoms with Crippen molar-refractivity contribution >= 4 is 5.91 Å². The average Bonchev–Trinajstić information content (AvgIpc) is 2.57. The van der Waals surface area contributed by atoms with Gasteiger partial charge in [0.1, 0.15) is 0 Å². The summed E-state index contributed by atoms with van der Waals surface area (Å²) in [5, 5.41) is 3.35. The van der Waals surface area contributed by atoms with Crippen LogP contribution in [0.1, 0.15) is 50.5 Å². The topological polar surface area (TPSA) is 32.3 Å². The first-order valence-corrected chi connectivity index (χ1v) is 8.79. The van der Waals surface area contributed by atoms with Crippen molar-refractivity contribution in [1.29, 1.82) is 0 Å². The molecule has 1 saturated heterocycles. The predicted molar refractivity (Wildman–Crippen MR) is 89.8 cm³/mol. The van der Waals surface area contributed by atoms with Crippen molar-refractivity contribution in [3.8, 4) is 0 Å². The quantitative estimate of drug-likeness (QED) is 0.930. The van der Waals surface area contributed by atoms with E-state index in [0.717, 1.165) is 26.1 Å². The molecule has 0 bridgehead atoms. The largest absolute Gasteiger partial charge is 0.337 e. The Hall–Kier alpha value is -1.35. The molecule has 1 aromatic carbocycles. The van der Waals surface area contributed by atoms with Crippen LogP contribution < -0.4 is 5.32 Å². The first-order chi connectivity index (χ1) is 10.7. The van der Waals surface area contributed by atoms with Gasteiger partial charge in [0.05, 0.1) is 0 Å². The van der Waals surface area contributed by atoms with Gasteiger partial charge in [-0.25, -0.2) is 0 Å². The van der Waals surface area contributed by atoms with E-state index < -0.39 is 0 Å². The Labute approximate surface area is 134 Å². The minimum absolute atomic E-state index is 0.349. The van der Waals surface area contributed by atoms with Crippen LogP contribution in [0, 0.1) is 5.92 Å². The van der Waals surface area contributed by atoms with Crippen molar-refractivity contribution in [3.05, 3.63) is 35.9 Å². The van der Waals surface area contributed by atoms with Gasteiger partial charge in [-0.05, 0) is 50.0 Å². The van der Waals surface area contributed by atoms with Crippen molar-refractivity contribution in [2.24, 2.45) is 5.92 Å². The van der Waals surface area contributed by atoms with Crippen LogP contribution in [0.5, 0.6) is 0 Å². The highest BCUT2D eigenvalue weighted by molar-refractivity contribution is 5.77. The maximum absolute atomic E-state index is 12.5. The highest BCUT2D eigenvalue weighted by atomic mass is 16.2. The lowest BCUT2D eigenvalue weighted by molar-refractivity contribution is -0.135. The van der Waals surface area contributed by atoms with E-state index in [4.69, 9.17) is 0 Å². The van der Waals surface area contributed by atoms with E-state index in [1.54, 1.807) is 0 Å². The van der Waals surface area contributed by atoms with Crippen LogP contribution in [0.2, 0.25) is 0 Å². The van der Waals surface area contributed by atoms with Crippen LogP contribution in [0.25, 0.3) is 0 Å². The summed E-state index contributed by atoms with van der Waals surface area (Å²) in [6, 6.07) is 11.2. The molecular formula is C19H28N2O. The summed E-state index contributed by atoms with van der Waals surface area (Å²) in [6.07, 6.45) is 5.63. The molecule has 3 heteroatoms. The third kappa shape index (κ3) is 3.70. The fraction of sp³-hybridized carbons (Fsp3) is 0.632. The summed E-state index contributed by atoms with van der Waals surface area (Å²) in [7, 11) is 0. The minimum Gasteiger partial charge on any atom is -0.337 e. The second kappa shape index (κ2) is 7.28. The van der Waals surface area contributed by atoms with Gasteiger partial charge >= 0.3 is 0 Å². The van der Waals surface area contributed by atoms with Gasteiger partial charge in [0.15, 0.2) is 0 Å². The molecule has 1 saturated carbocycles. The molecule has 0 aromatic heterocycles. The molecule has 0 unspecified atom stereocenters. The van der Waals surface area contributed by atoms with Crippen molar-refractivity contribution in [3.63, 3.8) is 0 Å². The average molecular weight is 300 g/mol. The van der Waals surface area contributed by atoms with E-state index in [9.17, 15) is 4.79 Å². The first kappa shape index (κ1) is 15.5. The molecule has 1 aliphatic heterocycles. The molecule has 120 valence electrons. The predicted octanol–water partition coefficient (Wildman–Crippen LogP) is 3.17. The second-order valence-electron chi connectivity index (χ2n) is 6.97. The minimum atomic E-state index is 0.349. The monoisotopic (exact) mass is 300 g/mol. The van der Waals surface area contributed by atoms with Crippen molar-refractivity contribution in [2.75, 3.05) is 19.6 Å². The zero-order valence-corrected chi connectivity index (χ0v) is 13.6. The van der Waals surface area contributed by atoms with Crippen LogP contribution in [0.3, 0.4) is 0 Å². The van der Waals surface area contributed by atoms with Gasteiger partial charge in [-0.1, -0.05) is 30.3 Å². The third-order valence-electron chi connectivity index (χ3n) is 5.40. The Morgan fingerprint density at radius 2 is 1.91 bits per heavy atom. The Kier molecular flexibility index (Phi) is 5.14. The zero-order chi connectivity index (χ0) is 15.4. The zero-order valence-electron chi connectivity index (χ0n) is 13.6. The summed E-state index contributed by atoms with van der Waals surface area (Å²) in [5.41, 5.74) is 1.48. The van der Waals surface area contributed by atoms with E-state index in [1.165, 1.54) is 31.2 Å². The highest BCUT2D eigenvalue weighted by Crippen LogP contribution is 2.37. The molecule has 22 heavy (non-hydrogen) atoms. The molecule has 2 aliphatic rings. The van der Waals surface area contributed by atoms with Gasteiger partial charge < -0.3 is 10.2 Å². The number of rotatable bonds is 3. The smallest absolute Gasteiger partial charge is 0.223 e. The molecule has 0 radical (unpaired) electrons. The van der Waals surface area contributed by atoms with E-state index in [1.807, 2.05) is 0 Å². The molecule has 2 fully saturated rings. The number of nitrogens with one attached hydrogen (secondary N) is 1. The number of amides is 1. The molecule has 1 heterocycles. The number of carbonyl (C=O) groups is 1. The fourth-order valence-corrected chi connectivity index (χ4v) is 4.00. The van der Waals surface area contributed by atoms with Crippen molar-refractivity contribution < 1.29 is 4.79 Å². The molecule has 1 aromatic rings. The van der Waals surface area contributed by atoms with E-state index in [2.05, 4.69) is 47.5 Å². The summed E-state index contributed by atoms with van der Waals surface area (Å²) >= 11 is 0. The van der Waals surface area contributed by atoms with E-state index in [0.29, 0.717) is 23.8 Å². The van der Waals surface area contributed by atoms with Gasteiger partial charge in [0.25, 0.3) is 0 Å². The number of hydrogen-bond acceptors (Lipinski definition) is 2. The van der Waals surface area contributed by atoms with Crippen molar-refractivity contribution in [2.45, 2.75) is 51.0 Å². The molecule has 3 nitrogen and oxygen atoms in total. The highest BCUT2D eigenvalue weighted by Gasteiger charge is 2.28. The van der Waals surface area contributed by atoms with Gasteiger partial charge in [0, 0.05) is 32.1 Å². The molecule has 1 aliphatic carbocycles. The summed E-state index contributed by atoms with van der Waals surface area (Å²) in [6.45, 7) is 4.90. The van der Waals surface area contributed by atoms with Gasteiger partial charge in [0.2, 0.25) is 5.91 Å². The maximum atomic E-state index is 12.5. The standard InChI is InChI=1S/C19H28N2O/c1-15-14-20-11-12-21(15)19(22)13-16-7-9-18(10-8-16)17-5-3-2-4-6-17/h2-6,15-16,18,20H,7-14H2,1H3/t15-,16?,18?/m1/s1. The number of piperazine rings is 1. The SMILES string of the molecule is C[C@@H]1CNCCN1C(=O)CC1CCC(c2ccccc2)CC1. The van der Waals surface area contributed by atoms with Gasteiger partial charge in [-0.15, -0.1) is 0 Å². The summed E-state index contributed by atoms with van der Waals surface area (Å²) < 4.78 is 0. The molecule has 1 amide bonds. The number of benzene rings is 1.